The number of rotatable bonds is 2. The number of pyridine rings is 1. The zero-order valence-corrected chi connectivity index (χ0v) is 9.80. The molecule has 3 nitrogen and oxygen atoms in total. The Labute approximate surface area is 98.3 Å². The molecule has 2 heterocycles. The quantitative estimate of drug-likeness (QED) is 0.864. The maximum absolute atomic E-state index is 6.00. The predicted molar refractivity (Wildman–Crippen MR) is 62.3 cm³/mol. The number of hydrogen-bond donors (Lipinski definition) is 1. The van der Waals surface area contributed by atoms with Gasteiger partial charge >= 0.3 is 0 Å². The number of ether oxygens (including phenoxy) is 1. The fraction of sp³-hybridized carbons (Fsp3) is 0.500. The van der Waals surface area contributed by atoms with Crippen LogP contribution < -0.4 is 5.73 Å². The zero-order chi connectivity index (χ0) is 10.7. The Kier molecular flexibility index (Phi) is 3.86. The molecule has 2 unspecified atom stereocenters. The van der Waals surface area contributed by atoms with Crippen LogP contribution in [0.3, 0.4) is 0 Å². The van der Waals surface area contributed by atoms with E-state index in [4.69, 9.17) is 22.1 Å². The van der Waals surface area contributed by atoms with Gasteiger partial charge in [0.15, 0.2) is 0 Å². The predicted octanol–water partition coefficient (Wildman–Crippen LogP) is 1.94. The Morgan fingerprint density at radius 1 is 1.53 bits per heavy atom. The minimum Gasteiger partial charge on any atom is -0.380 e. The fourth-order valence-electron chi connectivity index (χ4n) is 1.44. The second kappa shape index (κ2) is 5.16. The molecule has 0 amide bonds. The molecule has 1 aromatic rings. The number of hydrogen-bond acceptors (Lipinski definition) is 4. The van der Waals surface area contributed by atoms with Gasteiger partial charge in [-0.2, -0.15) is 0 Å². The summed E-state index contributed by atoms with van der Waals surface area (Å²) < 4.78 is 5.39. The van der Waals surface area contributed by atoms with E-state index in [1.54, 1.807) is 18.0 Å². The number of nitrogens with zero attached hydrogens (tertiary/aromatic N) is 1. The van der Waals surface area contributed by atoms with Crippen LogP contribution in [-0.4, -0.2) is 29.5 Å². The highest BCUT2D eigenvalue weighted by Crippen LogP contribution is 2.27. The van der Waals surface area contributed by atoms with E-state index in [9.17, 15) is 0 Å². The topological polar surface area (TPSA) is 48.1 Å². The third kappa shape index (κ3) is 3.08. The van der Waals surface area contributed by atoms with Crippen LogP contribution in [0, 0.1) is 0 Å². The third-order valence-electron chi connectivity index (χ3n) is 2.33. The first kappa shape index (κ1) is 11.2. The lowest BCUT2D eigenvalue weighted by atomic mass is 10.1. The first-order chi connectivity index (χ1) is 7.25. The van der Waals surface area contributed by atoms with Crippen molar-refractivity contribution in [2.75, 3.05) is 13.2 Å². The summed E-state index contributed by atoms with van der Waals surface area (Å²) in [4.78, 5) is 4.23. The molecule has 1 fully saturated rings. The Balaban J connectivity index is 1.98. The van der Waals surface area contributed by atoms with Crippen molar-refractivity contribution in [3.8, 4) is 0 Å². The van der Waals surface area contributed by atoms with Gasteiger partial charge in [-0.1, -0.05) is 23.4 Å². The van der Waals surface area contributed by atoms with Gasteiger partial charge in [-0.15, -0.1) is 0 Å². The van der Waals surface area contributed by atoms with Crippen LogP contribution in [0.15, 0.2) is 23.4 Å². The van der Waals surface area contributed by atoms with Crippen molar-refractivity contribution in [2.45, 2.75) is 22.7 Å². The molecule has 1 aromatic heterocycles. The van der Waals surface area contributed by atoms with Crippen molar-refractivity contribution in [3.05, 3.63) is 23.4 Å². The lowest BCUT2D eigenvalue weighted by molar-refractivity contribution is 0.0915. The van der Waals surface area contributed by atoms with E-state index in [0.717, 1.165) is 18.1 Å². The first-order valence-corrected chi connectivity index (χ1v) is 6.13. The summed E-state index contributed by atoms with van der Waals surface area (Å²) in [6.45, 7) is 1.47. The molecule has 1 aliphatic heterocycles. The van der Waals surface area contributed by atoms with Crippen LogP contribution in [0.2, 0.25) is 5.02 Å². The Hall–Kier alpha value is -0.290. The van der Waals surface area contributed by atoms with E-state index >= 15 is 0 Å². The van der Waals surface area contributed by atoms with Crippen LogP contribution in [-0.2, 0) is 4.74 Å². The van der Waals surface area contributed by atoms with Gasteiger partial charge in [0.25, 0.3) is 0 Å². The van der Waals surface area contributed by atoms with Gasteiger partial charge in [0.2, 0.25) is 0 Å². The SMILES string of the molecule is NC1CCOCC1Sc1ccc(Cl)cn1. The molecule has 0 spiro atoms. The number of nitrogens with two attached hydrogens (primary N) is 1. The number of thioether (sulfide) groups is 1. The third-order valence-corrected chi connectivity index (χ3v) is 3.82. The van der Waals surface area contributed by atoms with Crippen LogP contribution in [0.4, 0.5) is 0 Å². The normalized spacial score (nSPS) is 26.5. The van der Waals surface area contributed by atoms with Gasteiger partial charge in [-0.3, -0.25) is 0 Å². The van der Waals surface area contributed by atoms with E-state index in [-0.39, 0.29) is 6.04 Å². The Bertz CT molecular complexity index is 320. The standard InChI is InChI=1S/C10H13ClN2OS/c11-7-1-2-10(13-5-7)15-9-6-14-4-3-8(9)12/h1-2,5,8-9H,3-4,6,12H2. The second-order valence-electron chi connectivity index (χ2n) is 3.50. The summed E-state index contributed by atoms with van der Waals surface area (Å²) in [7, 11) is 0. The van der Waals surface area contributed by atoms with Gasteiger partial charge in [-0.05, 0) is 18.6 Å². The molecule has 82 valence electrons. The number of halogens is 1. The monoisotopic (exact) mass is 244 g/mol. The van der Waals surface area contributed by atoms with Gasteiger partial charge in [0.1, 0.15) is 0 Å². The molecular formula is C10H13ClN2OS. The van der Waals surface area contributed by atoms with Crippen LogP contribution in [0.1, 0.15) is 6.42 Å². The summed E-state index contributed by atoms with van der Waals surface area (Å²) in [5.74, 6) is 0. The molecule has 5 heteroatoms. The van der Waals surface area contributed by atoms with Crippen molar-refractivity contribution in [1.29, 1.82) is 0 Å². The minimum absolute atomic E-state index is 0.196. The lowest BCUT2D eigenvalue weighted by Crippen LogP contribution is -2.40. The summed E-state index contributed by atoms with van der Waals surface area (Å²) in [6, 6.07) is 3.95. The van der Waals surface area contributed by atoms with E-state index in [1.807, 2.05) is 12.1 Å². The van der Waals surface area contributed by atoms with Crippen molar-refractivity contribution in [1.82, 2.24) is 4.98 Å². The largest absolute Gasteiger partial charge is 0.380 e. The molecule has 2 atom stereocenters. The maximum Gasteiger partial charge on any atom is 0.0965 e. The highest BCUT2D eigenvalue weighted by molar-refractivity contribution is 8.00. The van der Waals surface area contributed by atoms with Crippen LogP contribution in [0.25, 0.3) is 0 Å². The van der Waals surface area contributed by atoms with Crippen LogP contribution in [0.5, 0.6) is 0 Å². The minimum atomic E-state index is 0.196. The van der Waals surface area contributed by atoms with E-state index in [2.05, 4.69) is 4.98 Å². The average molecular weight is 245 g/mol. The van der Waals surface area contributed by atoms with Crippen LogP contribution >= 0.6 is 23.4 Å². The summed E-state index contributed by atoms with van der Waals surface area (Å²) in [5.41, 5.74) is 6.00. The van der Waals surface area contributed by atoms with Crippen molar-refractivity contribution >= 4 is 23.4 Å². The Morgan fingerprint density at radius 3 is 3.07 bits per heavy atom. The van der Waals surface area contributed by atoms with E-state index < -0.39 is 0 Å². The zero-order valence-electron chi connectivity index (χ0n) is 8.23. The van der Waals surface area contributed by atoms with Gasteiger partial charge < -0.3 is 10.5 Å². The maximum atomic E-state index is 6.00. The molecule has 0 aromatic carbocycles. The lowest BCUT2D eigenvalue weighted by Gasteiger charge is -2.27. The summed E-state index contributed by atoms with van der Waals surface area (Å²) >= 11 is 7.42. The highest BCUT2D eigenvalue weighted by Gasteiger charge is 2.23. The van der Waals surface area contributed by atoms with Crippen molar-refractivity contribution in [3.63, 3.8) is 0 Å². The Morgan fingerprint density at radius 2 is 2.40 bits per heavy atom. The van der Waals surface area contributed by atoms with Crippen molar-refractivity contribution in [2.24, 2.45) is 5.73 Å². The molecule has 15 heavy (non-hydrogen) atoms. The van der Waals surface area contributed by atoms with E-state index in [1.165, 1.54) is 0 Å². The molecule has 0 radical (unpaired) electrons. The summed E-state index contributed by atoms with van der Waals surface area (Å²) in [6.07, 6.45) is 2.57. The van der Waals surface area contributed by atoms with E-state index in [0.29, 0.717) is 16.9 Å². The smallest absolute Gasteiger partial charge is 0.0965 e. The van der Waals surface area contributed by atoms with Gasteiger partial charge in [0.05, 0.1) is 16.7 Å². The number of aromatic nitrogens is 1. The molecular weight excluding hydrogens is 232 g/mol. The van der Waals surface area contributed by atoms with Crippen molar-refractivity contribution < 1.29 is 4.74 Å². The molecule has 2 N–H and O–H groups in total. The summed E-state index contributed by atoms with van der Waals surface area (Å²) in [5, 5.41) is 1.90. The molecule has 0 saturated carbocycles. The first-order valence-electron chi connectivity index (χ1n) is 4.87. The molecule has 0 bridgehead atoms. The second-order valence-corrected chi connectivity index (χ2v) is 5.19. The molecule has 1 aliphatic rings. The molecule has 0 aliphatic carbocycles. The molecule has 1 saturated heterocycles. The highest BCUT2D eigenvalue weighted by atomic mass is 35.5. The average Bonchev–Trinajstić information content (AvgIpc) is 2.25. The van der Waals surface area contributed by atoms with Gasteiger partial charge in [-0.25, -0.2) is 4.98 Å². The fourth-order valence-corrected chi connectivity index (χ4v) is 2.59. The van der Waals surface area contributed by atoms with Gasteiger partial charge in [0, 0.05) is 24.1 Å². The molecule has 2 rings (SSSR count).